The van der Waals surface area contributed by atoms with Gasteiger partial charge in [-0.1, -0.05) is 18.2 Å². The van der Waals surface area contributed by atoms with Gasteiger partial charge in [0, 0.05) is 24.1 Å². The first kappa shape index (κ1) is 9.87. The van der Waals surface area contributed by atoms with Gasteiger partial charge in [0.05, 0.1) is 25.2 Å². The molecule has 1 saturated heterocycles. The number of para-hydroxylation sites is 1. The van der Waals surface area contributed by atoms with Crippen molar-refractivity contribution >= 4 is 10.9 Å². The summed E-state index contributed by atoms with van der Waals surface area (Å²) >= 11 is 0. The van der Waals surface area contributed by atoms with E-state index >= 15 is 0 Å². The maximum atomic E-state index is 9.57. The molecule has 0 unspecified atom stereocenters. The molecule has 16 heavy (non-hydrogen) atoms. The molecule has 84 valence electrons. The summed E-state index contributed by atoms with van der Waals surface area (Å²) in [6.07, 6.45) is 2.11. The second-order valence-corrected chi connectivity index (χ2v) is 4.60. The van der Waals surface area contributed by atoms with Gasteiger partial charge in [0.25, 0.3) is 0 Å². The summed E-state index contributed by atoms with van der Waals surface area (Å²) in [6, 6.07) is 8.29. The molecule has 0 saturated carbocycles. The van der Waals surface area contributed by atoms with Gasteiger partial charge in [-0.05, 0) is 11.6 Å². The van der Waals surface area contributed by atoms with Crippen molar-refractivity contribution in [2.75, 3.05) is 19.8 Å². The van der Waals surface area contributed by atoms with Crippen LogP contribution in [-0.4, -0.2) is 29.5 Å². The number of ether oxygens (including phenoxy) is 1. The highest BCUT2D eigenvalue weighted by atomic mass is 16.5. The Morgan fingerprint density at radius 3 is 2.75 bits per heavy atom. The average Bonchev–Trinajstić information content (AvgIpc) is 2.58. The minimum absolute atomic E-state index is 0.154. The Kier molecular flexibility index (Phi) is 2.06. The van der Waals surface area contributed by atoms with Gasteiger partial charge >= 0.3 is 0 Å². The Morgan fingerprint density at radius 1 is 1.38 bits per heavy atom. The minimum Gasteiger partial charge on any atom is -0.395 e. The molecule has 1 aromatic carbocycles. The van der Waals surface area contributed by atoms with E-state index in [1.807, 2.05) is 19.2 Å². The average molecular weight is 217 g/mol. The first-order chi connectivity index (χ1) is 7.77. The zero-order chi connectivity index (χ0) is 11.2. The fraction of sp³-hybridized carbons (Fsp3) is 0.385. The summed E-state index contributed by atoms with van der Waals surface area (Å²) in [5, 5.41) is 10.8. The summed E-state index contributed by atoms with van der Waals surface area (Å²) in [6.45, 7) is 1.40. The molecule has 1 aliphatic rings. The number of hydrogen-bond acceptors (Lipinski definition) is 2. The maximum absolute atomic E-state index is 9.57. The normalized spacial score (nSPS) is 18.6. The molecule has 1 N–H and O–H groups in total. The van der Waals surface area contributed by atoms with E-state index in [-0.39, 0.29) is 12.0 Å². The largest absolute Gasteiger partial charge is 0.395 e. The fourth-order valence-electron chi connectivity index (χ4n) is 2.44. The summed E-state index contributed by atoms with van der Waals surface area (Å²) in [7, 11) is 2.04. The van der Waals surface area contributed by atoms with E-state index in [4.69, 9.17) is 4.74 Å². The monoisotopic (exact) mass is 217 g/mol. The Hall–Kier alpha value is -1.32. The molecule has 3 heteroatoms. The van der Waals surface area contributed by atoms with Gasteiger partial charge in [-0.3, -0.25) is 0 Å². The lowest BCUT2D eigenvalue weighted by Gasteiger charge is -2.39. The lowest BCUT2D eigenvalue weighted by Crippen LogP contribution is -2.49. The number of benzene rings is 1. The molecule has 1 aromatic heterocycles. The van der Waals surface area contributed by atoms with Crippen LogP contribution in [0.1, 0.15) is 5.56 Å². The molecule has 0 radical (unpaired) electrons. The smallest absolute Gasteiger partial charge is 0.0672 e. The first-order valence-electron chi connectivity index (χ1n) is 5.50. The van der Waals surface area contributed by atoms with Crippen LogP contribution in [0.3, 0.4) is 0 Å². The van der Waals surface area contributed by atoms with Crippen molar-refractivity contribution in [3.8, 4) is 0 Å². The number of fused-ring (bicyclic) bond motifs is 1. The number of aliphatic hydroxyl groups is 1. The fourth-order valence-corrected chi connectivity index (χ4v) is 2.44. The predicted molar refractivity (Wildman–Crippen MR) is 62.5 cm³/mol. The van der Waals surface area contributed by atoms with Crippen LogP contribution in [0.25, 0.3) is 10.9 Å². The van der Waals surface area contributed by atoms with E-state index in [9.17, 15) is 5.11 Å². The van der Waals surface area contributed by atoms with Gasteiger partial charge in [-0.2, -0.15) is 0 Å². The first-order valence-corrected chi connectivity index (χ1v) is 5.50. The molecule has 0 aliphatic carbocycles. The van der Waals surface area contributed by atoms with Crippen LogP contribution in [0.5, 0.6) is 0 Å². The zero-order valence-corrected chi connectivity index (χ0v) is 9.31. The Morgan fingerprint density at radius 2 is 2.12 bits per heavy atom. The highest BCUT2D eigenvalue weighted by molar-refractivity contribution is 5.85. The van der Waals surface area contributed by atoms with Gasteiger partial charge in [0.15, 0.2) is 0 Å². The number of aliphatic hydroxyl groups excluding tert-OH is 1. The third-order valence-corrected chi connectivity index (χ3v) is 3.53. The van der Waals surface area contributed by atoms with Crippen LogP contribution >= 0.6 is 0 Å². The molecule has 1 aliphatic heterocycles. The molecule has 2 aromatic rings. The van der Waals surface area contributed by atoms with E-state index in [2.05, 4.69) is 22.9 Å². The van der Waals surface area contributed by atoms with E-state index in [0.29, 0.717) is 13.2 Å². The summed E-state index contributed by atoms with van der Waals surface area (Å²) in [4.78, 5) is 0. The molecule has 2 heterocycles. The van der Waals surface area contributed by atoms with Gasteiger partial charge in [0.2, 0.25) is 0 Å². The lowest BCUT2D eigenvalue weighted by atomic mass is 9.79. The standard InChI is InChI=1S/C13H15NO2/c1-14-6-11(13(7-15)8-16-9-13)10-4-2-3-5-12(10)14/h2-6,15H,7-9H2,1H3. The molecule has 3 nitrogen and oxygen atoms in total. The van der Waals surface area contributed by atoms with Crippen molar-refractivity contribution in [3.63, 3.8) is 0 Å². The number of hydrogen-bond donors (Lipinski definition) is 1. The summed E-state index contributed by atoms with van der Waals surface area (Å²) < 4.78 is 7.38. The lowest BCUT2D eigenvalue weighted by molar-refractivity contribution is -0.0834. The second-order valence-electron chi connectivity index (χ2n) is 4.60. The van der Waals surface area contributed by atoms with Gasteiger partial charge in [-0.25, -0.2) is 0 Å². The van der Waals surface area contributed by atoms with Crippen LogP contribution in [0.15, 0.2) is 30.5 Å². The van der Waals surface area contributed by atoms with Crippen LogP contribution in [-0.2, 0) is 17.2 Å². The number of rotatable bonds is 2. The SMILES string of the molecule is Cn1cc(C2(CO)COC2)c2ccccc21. The van der Waals surface area contributed by atoms with Crippen molar-refractivity contribution in [1.82, 2.24) is 4.57 Å². The topological polar surface area (TPSA) is 34.4 Å². The Balaban J connectivity index is 2.24. The molecule has 1 fully saturated rings. The van der Waals surface area contributed by atoms with Crippen LogP contribution in [0, 0.1) is 0 Å². The summed E-state index contributed by atoms with van der Waals surface area (Å²) in [5.74, 6) is 0. The van der Waals surface area contributed by atoms with E-state index in [1.165, 1.54) is 16.5 Å². The Labute approximate surface area is 94.3 Å². The minimum atomic E-state index is -0.180. The predicted octanol–water partition coefficient (Wildman–Crippen LogP) is 1.44. The van der Waals surface area contributed by atoms with Crippen LogP contribution in [0.2, 0.25) is 0 Å². The van der Waals surface area contributed by atoms with E-state index < -0.39 is 0 Å². The third-order valence-electron chi connectivity index (χ3n) is 3.53. The van der Waals surface area contributed by atoms with E-state index in [1.54, 1.807) is 0 Å². The highest BCUT2D eigenvalue weighted by Gasteiger charge is 2.41. The zero-order valence-electron chi connectivity index (χ0n) is 9.31. The molecule has 3 rings (SSSR count). The molecular formula is C13H15NO2. The molecule has 0 bridgehead atoms. The highest BCUT2D eigenvalue weighted by Crippen LogP contribution is 2.37. The van der Waals surface area contributed by atoms with Crippen LogP contribution < -0.4 is 0 Å². The van der Waals surface area contributed by atoms with Crippen molar-refractivity contribution in [1.29, 1.82) is 0 Å². The van der Waals surface area contributed by atoms with Gasteiger partial charge in [-0.15, -0.1) is 0 Å². The van der Waals surface area contributed by atoms with Crippen molar-refractivity contribution < 1.29 is 9.84 Å². The van der Waals surface area contributed by atoms with E-state index in [0.717, 1.165) is 0 Å². The van der Waals surface area contributed by atoms with Crippen molar-refractivity contribution in [3.05, 3.63) is 36.0 Å². The molecule has 0 atom stereocenters. The molecule has 0 spiro atoms. The third kappa shape index (κ3) is 1.16. The number of aryl methyl sites for hydroxylation is 1. The van der Waals surface area contributed by atoms with Crippen molar-refractivity contribution in [2.24, 2.45) is 7.05 Å². The van der Waals surface area contributed by atoms with Crippen LogP contribution in [0.4, 0.5) is 0 Å². The number of aromatic nitrogens is 1. The number of nitrogens with zero attached hydrogens (tertiary/aromatic N) is 1. The molecular weight excluding hydrogens is 202 g/mol. The Bertz CT molecular complexity index is 520. The van der Waals surface area contributed by atoms with Gasteiger partial charge < -0.3 is 14.4 Å². The molecule has 0 amide bonds. The maximum Gasteiger partial charge on any atom is 0.0672 e. The summed E-state index contributed by atoms with van der Waals surface area (Å²) in [5.41, 5.74) is 2.23. The van der Waals surface area contributed by atoms with Gasteiger partial charge in [0.1, 0.15) is 0 Å². The quantitative estimate of drug-likeness (QED) is 0.826. The second kappa shape index (κ2) is 3.34. The van der Waals surface area contributed by atoms with Crippen molar-refractivity contribution in [2.45, 2.75) is 5.41 Å².